The van der Waals surface area contributed by atoms with E-state index in [-0.39, 0.29) is 35.9 Å². The van der Waals surface area contributed by atoms with Crippen LogP contribution in [0.1, 0.15) is 67.9 Å². The maximum absolute atomic E-state index is 14.4. The predicted octanol–water partition coefficient (Wildman–Crippen LogP) is 6.83. The first-order valence-corrected chi connectivity index (χ1v) is 14.1. The molecule has 3 fully saturated rings. The van der Waals surface area contributed by atoms with Gasteiger partial charge in [-0.15, -0.1) is 0 Å². The number of amides is 1. The van der Waals surface area contributed by atoms with Crippen molar-refractivity contribution in [1.29, 1.82) is 0 Å². The number of nitrogens with zero attached hydrogens (tertiary/aromatic N) is 4. The minimum Gasteiger partial charge on any atom is -0.381 e. The topological polar surface area (TPSA) is 73.4 Å². The minimum absolute atomic E-state index is 0.0367. The zero-order chi connectivity index (χ0) is 27.7. The Morgan fingerprint density at radius 1 is 1.00 bits per heavy atom. The highest BCUT2D eigenvalue weighted by Gasteiger charge is 2.54. The van der Waals surface area contributed by atoms with E-state index in [1.165, 1.54) is 6.07 Å². The average Bonchev–Trinajstić information content (AvgIpc) is 3.54. The molecule has 1 aliphatic heterocycles. The highest BCUT2D eigenvalue weighted by atomic mass is 19.2. The van der Waals surface area contributed by atoms with Crippen LogP contribution in [0.15, 0.2) is 40.9 Å². The number of rotatable bonds is 5. The average molecular weight is 547 g/mol. The van der Waals surface area contributed by atoms with E-state index in [1.54, 1.807) is 12.0 Å². The van der Waals surface area contributed by atoms with Gasteiger partial charge in [0.1, 0.15) is 11.6 Å². The van der Waals surface area contributed by atoms with Crippen LogP contribution in [0, 0.1) is 37.3 Å². The third-order valence-corrected chi connectivity index (χ3v) is 9.18. The number of methoxy groups -OCH3 is 1. The second kappa shape index (κ2) is 9.51. The zero-order valence-corrected chi connectivity index (χ0v) is 22.9. The molecule has 3 aliphatic rings. The maximum atomic E-state index is 14.4. The van der Waals surface area contributed by atoms with E-state index in [2.05, 4.69) is 27.9 Å². The van der Waals surface area contributed by atoms with Crippen molar-refractivity contribution in [3.05, 3.63) is 65.3 Å². The number of fused-ring (bicyclic) bond motifs is 2. The summed E-state index contributed by atoms with van der Waals surface area (Å²) in [6.45, 7) is 3.82. The number of carbonyl (C=O) groups excluding carboxylic acids is 1. The number of carbonyl (C=O) groups is 1. The van der Waals surface area contributed by atoms with E-state index in [0.717, 1.165) is 90.1 Å². The van der Waals surface area contributed by atoms with Crippen LogP contribution in [0.2, 0.25) is 0 Å². The van der Waals surface area contributed by atoms with Crippen LogP contribution in [-0.2, 0) is 9.53 Å². The quantitative estimate of drug-likeness (QED) is 0.274. The monoisotopic (exact) mass is 546 g/mol. The second-order valence-corrected chi connectivity index (χ2v) is 11.6. The number of piperidine rings is 1. The van der Waals surface area contributed by atoms with E-state index in [9.17, 15) is 13.6 Å². The highest BCUT2D eigenvalue weighted by molar-refractivity contribution is 5.98. The van der Waals surface area contributed by atoms with Crippen molar-refractivity contribution in [2.24, 2.45) is 11.8 Å². The van der Waals surface area contributed by atoms with Gasteiger partial charge >= 0.3 is 0 Å². The van der Waals surface area contributed by atoms with Crippen LogP contribution in [0.5, 0.6) is 0 Å². The van der Waals surface area contributed by atoms with E-state index < -0.39 is 11.6 Å². The zero-order valence-electron chi connectivity index (χ0n) is 22.9. The molecule has 7 nitrogen and oxygen atoms in total. The third kappa shape index (κ3) is 4.05. The Morgan fingerprint density at radius 3 is 2.50 bits per heavy atom. The maximum Gasteiger partial charge on any atom is 0.231 e. The Balaban J connectivity index is 1.38. The molecule has 3 heterocycles. The number of halogens is 2. The number of imidazole rings is 1. The van der Waals surface area contributed by atoms with Gasteiger partial charge in [0.05, 0.1) is 28.9 Å². The fraction of sp³-hybridized carbons (Fsp3) is 0.452. The summed E-state index contributed by atoms with van der Waals surface area (Å²) in [5.41, 5.74) is 4.95. The van der Waals surface area contributed by atoms with Gasteiger partial charge in [-0.3, -0.25) is 4.79 Å². The number of anilines is 1. The Bertz CT molecular complexity index is 1600. The van der Waals surface area contributed by atoms with Crippen molar-refractivity contribution in [3.63, 3.8) is 0 Å². The predicted molar refractivity (Wildman–Crippen MR) is 146 cm³/mol. The van der Waals surface area contributed by atoms with E-state index in [4.69, 9.17) is 14.2 Å². The lowest BCUT2D eigenvalue weighted by molar-refractivity contribution is -0.121. The molecule has 0 bridgehead atoms. The van der Waals surface area contributed by atoms with Crippen LogP contribution in [0.3, 0.4) is 0 Å². The Morgan fingerprint density at radius 2 is 1.80 bits per heavy atom. The number of hydrogen-bond donors (Lipinski definition) is 0. The number of ether oxygens (including phenoxy) is 1. The third-order valence-electron chi connectivity index (χ3n) is 9.18. The molecular weight excluding hydrogens is 514 g/mol. The molecule has 2 aromatic heterocycles. The van der Waals surface area contributed by atoms with Gasteiger partial charge in [-0.25, -0.2) is 13.8 Å². The lowest BCUT2D eigenvalue weighted by Crippen LogP contribution is -2.41. The largest absolute Gasteiger partial charge is 0.381 e. The number of hydrogen-bond acceptors (Lipinski definition) is 5. The Kier molecular flexibility index (Phi) is 6.03. The number of benzene rings is 2. The molecule has 40 heavy (non-hydrogen) atoms. The molecule has 0 N–H and O–H groups in total. The van der Waals surface area contributed by atoms with Gasteiger partial charge in [0, 0.05) is 36.4 Å². The highest BCUT2D eigenvalue weighted by Crippen LogP contribution is 2.54. The van der Waals surface area contributed by atoms with Gasteiger partial charge in [-0.1, -0.05) is 11.2 Å². The molecule has 0 unspecified atom stereocenters. The molecular formula is C31H32F2N4O3. The van der Waals surface area contributed by atoms with Crippen LogP contribution in [-0.4, -0.2) is 33.8 Å². The fourth-order valence-corrected chi connectivity index (χ4v) is 7.02. The summed E-state index contributed by atoms with van der Waals surface area (Å²) in [5.74, 6) is -0.155. The van der Waals surface area contributed by atoms with Crippen molar-refractivity contribution in [3.8, 4) is 11.1 Å². The lowest BCUT2D eigenvalue weighted by Gasteiger charge is -2.37. The first-order valence-electron chi connectivity index (χ1n) is 14.1. The van der Waals surface area contributed by atoms with Gasteiger partial charge in [0.2, 0.25) is 5.91 Å². The first-order chi connectivity index (χ1) is 19.3. The smallest absolute Gasteiger partial charge is 0.231 e. The first kappa shape index (κ1) is 25.4. The van der Waals surface area contributed by atoms with Crippen LogP contribution < -0.4 is 4.90 Å². The van der Waals surface area contributed by atoms with Gasteiger partial charge in [0.25, 0.3) is 0 Å². The van der Waals surface area contributed by atoms with Gasteiger partial charge < -0.3 is 18.7 Å². The molecule has 1 amide bonds. The molecule has 0 radical (unpaired) electrons. The summed E-state index contributed by atoms with van der Waals surface area (Å²) < 4.78 is 41.6. The molecule has 2 aliphatic carbocycles. The molecule has 2 saturated carbocycles. The molecule has 3 atom stereocenters. The Labute approximate surface area is 231 Å². The SMILES string of the molecule is COC1CCC(n2c([C@@H]3C[C@@H]4C[C@@H]4C(=O)N3c3ccc(F)c(F)c3)nc3cc(-c4c(C)noc4C)ccc32)CC1. The molecule has 1 saturated heterocycles. The fourth-order valence-electron chi connectivity index (χ4n) is 7.02. The van der Waals surface area contributed by atoms with E-state index >= 15 is 0 Å². The summed E-state index contributed by atoms with van der Waals surface area (Å²) in [5, 5.41) is 4.12. The number of aryl methyl sites for hydroxylation is 2. The summed E-state index contributed by atoms with van der Waals surface area (Å²) in [6, 6.07) is 9.78. The van der Waals surface area contributed by atoms with Crippen molar-refractivity contribution in [2.45, 2.75) is 70.6 Å². The van der Waals surface area contributed by atoms with Crippen LogP contribution in [0.4, 0.5) is 14.5 Å². The lowest BCUT2D eigenvalue weighted by atomic mass is 9.91. The summed E-state index contributed by atoms with van der Waals surface area (Å²) in [4.78, 5) is 20.5. The van der Waals surface area contributed by atoms with Crippen LogP contribution in [0.25, 0.3) is 22.2 Å². The normalized spacial score (nSPS) is 26.4. The summed E-state index contributed by atoms with van der Waals surface area (Å²) in [7, 11) is 1.76. The van der Waals surface area contributed by atoms with E-state index in [1.807, 2.05) is 13.8 Å². The van der Waals surface area contributed by atoms with Crippen LogP contribution >= 0.6 is 0 Å². The molecule has 4 aromatic rings. The van der Waals surface area contributed by atoms with Gasteiger partial charge in [-0.05, 0) is 88.1 Å². The van der Waals surface area contributed by atoms with Crippen molar-refractivity contribution in [1.82, 2.24) is 14.7 Å². The second-order valence-electron chi connectivity index (χ2n) is 11.6. The van der Waals surface area contributed by atoms with Gasteiger partial charge in [-0.2, -0.15) is 0 Å². The molecule has 2 aromatic carbocycles. The minimum atomic E-state index is -0.961. The molecule has 208 valence electrons. The summed E-state index contributed by atoms with van der Waals surface area (Å²) >= 11 is 0. The Hall–Kier alpha value is -3.59. The van der Waals surface area contributed by atoms with Crippen molar-refractivity contribution in [2.75, 3.05) is 12.0 Å². The summed E-state index contributed by atoms with van der Waals surface area (Å²) in [6.07, 6.45) is 5.55. The molecule has 0 spiro atoms. The standard InChI is InChI=1S/C31H32F2N4O3/c1-16-29(17(2)40-35-16)18-4-11-27-26(13-18)34-30(36(27)20-5-8-22(39-3)9-6-20)28-14-19-12-23(19)31(38)37(28)21-7-10-24(32)25(33)15-21/h4,7,10-11,13,15,19-20,22-23,28H,5-6,8-9,12,14H2,1-3H3/t19-,20?,22?,23-,28-/m0/s1. The van der Waals surface area contributed by atoms with Crippen molar-refractivity contribution < 1.29 is 22.8 Å². The van der Waals surface area contributed by atoms with E-state index in [0.29, 0.717) is 5.69 Å². The van der Waals surface area contributed by atoms with Gasteiger partial charge in [0.15, 0.2) is 11.6 Å². The van der Waals surface area contributed by atoms with Crippen molar-refractivity contribution >= 4 is 22.6 Å². The molecule has 7 rings (SSSR count). The number of aromatic nitrogens is 3. The molecule has 9 heteroatoms.